The largest absolute Gasteiger partial charge is 0.433 e. The fourth-order valence-electron chi connectivity index (χ4n) is 2.41. The van der Waals surface area contributed by atoms with Crippen molar-refractivity contribution in [2.45, 2.75) is 25.1 Å². The molecular formula is C14H21F3N4O2. The molecule has 1 saturated heterocycles. The molecule has 130 valence electrons. The number of nitrogens with zero attached hydrogens (tertiary/aromatic N) is 4. The van der Waals surface area contributed by atoms with Crippen molar-refractivity contribution in [1.82, 2.24) is 9.97 Å². The Morgan fingerprint density at radius 1 is 1.39 bits per heavy atom. The average Bonchev–Trinajstić information content (AvgIpc) is 2.52. The Kier molecular flexibility index (Phi) is 5.64. The van der Waals surface area contributed by atoms with Crippen molar-refractivity contribution in [3.8, 4) is 0 Å². The van der Waals surface area contributed by atoms with Gasteiger partial charge in [0.2, 0.25) is 5.95 Å². The third-order valence-corrected chi connectivity index (χ3v) is 3.56. The first kappa shape index (κ1) is 17.7. The maximum Gasteiger partial charge on any atom is 0.433 e. The summed E-state index contributed by atoms with van der Waals surface area (Å²) in [6.07, 6.45) is -3.09. The van der Waals surface area contributed by atoms with E-state index in [2.05, 4.69) is 9.97 Å². The maximum absolute atomic E-state index is 13.0. The predicted octanol–water partition coefficient (Wildman–Crippen LogP) is 1.54. The van der Waals surface area contributed by atoms with E-state index in [-0.39, 0.29) is 31.1 Å². The highest BCUT2D eigenvalue weighted by molar-refractivity contribution is 5.46. The molecule has 1 fully saturated rings. The third-order valence-electron chi connectivity index (χ3n) is 3.56. The average molecular weight is 334 g/mol. The molecule has 23 heavy (non-hydrogen) atoms. The molecular weight excluding hydrogens is 313 g/mol. The molecule has 0 bridgehead atoms. The molecule has 1 atom stereocenters. The molecule has 1 unspecified atom stereocenters. The summed E-state index contributed by atoms with van der Waals surface area (Å²) < 4.78 is 44.6. The van der Waals surface area contributed by atoms with Gasteiger partial charge in [-0.3, -0.25) is 0 Å². The number of halogens is 3. The summed E-state index contributed by atoms with van der Waals surface area (Å²) in [7, 11) is 3.27. The van der Waals surface area contributed by atoms with Gasteiger partial charge in [0, 0.05) is 33.3 Å². The van der Waals surface area contributed by atoms with Gasteiger partial charge in [-0.15, -0.1) is 0 Å². The number of aromatic nitrogens is 2. The first-order valence-corrected chi connectivity index (χ1v) is 7.42. The van der Waals surface area contributed by atoms with Gasteiger partial charge in [-0.2, -0.15) is 18.2 Å². The lowest BCUT2D eigenvalue weighted by atomic mass is 10.1. The minimum Gasteiger partial charge on any atom is -0.394 e. The number of hydrogen-bond acceptors (Lipinski definition) is 6. The van der Waals surface area contributed by atoms with Crippen LogP contribution in [0.2, 0.25) is 0 Å². The second kappa shape index (κ2) is 7.31. The first-order valence-electron chi connectivity index (χ1n) is 7.42. The van der Waals surface area contributed by atoms with Gasteiger partial charge in [-0.25, -0.2) is 4.98 Å². The molecule has 0 amide bonds. The lowest BCUT2D eigenvalue weighted by Gasteiger charge is -2.33. The van der Waals surface area contributed by atoms with E-state index in [1.165, 1.54) is 4.90 Å². The Hall–Kier alpha value is -1.61. The standard InChI is InChI=1S/C14H21F3N4O2/c1-20(2)12-8-11(14(15,16)17)18-13(19-12)21-5-3-4-10(9-21)23-7-6-22/h8,10,22H,3-7,9H2,1-2H3. The first-order chi connectivity index (χ1) is 10.8. The third kappa shape index (κ3) is 4.68. The number of piperidine rings is 1. The molecule has 2 rings (SSSR count). The number of ether oxygens (including phenoxy) is 1. The Morgan fingerprint density at radius 3 is 2.74 bits per heavy atom. The van der Waals surface area contributed by atoms with Crippen LogP contribution in [0, 0.1) is 0 Å². The van der Waals surface area contributed by atoms with E-state index in [4.69, 9.17) is 9.84 Å². The van der Waals surface area contributed by atoms with E-state index >= 15 is 0 Å². The van der Waals surface area contributed by atoms with E-state index in [1.54, 1.807) is 19.0 Å². The summed E-state index contributed by atoms with van der Waals surface area (Å²) in [6.45, 7) is 1.12. The zero-order chi connectivity index (χ0) is 17.0. The number of hydrogen-bond donors (Lipinski definition) is 1. The number of anilines is 2. The Labute approximate surface area is 132 Å². The SMILES string of the molecule is CN(C)c1cc(C(F)(F)F)nc(N2CCCC(OCCO)C2)n1. The minimum absolute atomic E-state index is 0.0563. The molecule has 0 saturated carbocycles. The number of rotatable bonds is 5. The minimum atomic E-state index is -4.52. The van der Waals surface area contributed by atoms with Crippen LogP contribution in [-0.4, -0.2) is 61.6 Å². The van der Waals surface area contributed by atoms with Gasteiger partial charge in [-0.1, -0.05) is 0 Å². The molecule has 0 aromatic carbocycles. The molecule has 1 aliphatic heterocycles. The molecule has 0 radical (unpaired) electrons. The quantitative estimate of drug-likeness (QED) is 0.881. The highest BCUT2D eigenvalue weighted by atomic mass is 19.4. The van der Waals surface area contributed by atoms with Gasteiger partial charge in [0.25, 0.3) is 0 Å². The van der Waals surface area contributed by atoms with E-state index in [0.717, 1.165) is 18.9 Å². The normalized spacial score (nSPS) is 19.0. The lowest BCUT2D eigenvalue weighted by molar-refractivity contribution is -0.141. The van der Waals surface area contributed by atoms with Crippen LogP contribution < -0.4 is 9.80 Å². The van der Waals surface area contributed by atoms with Crippen LogP contribution in [0.15, 0.2) is 6.07 Å². The zero-order valence-corrected chi connectivity index (χ0v) is 13.2. The van der Waals surface area contributed by atoms with E-state index in [9.17, 15) is 13.2 Å². The van der Waals surface area contributed by atoms with Crippen molar-refractivity contribution in [3.05, 3.63) is 11.8 Å². The Morgan fingerprint density at radius 2 is 2.13 bits per heavy atom. The summed E-state index contributed by atoms with van der Waals surface area (Å²) in [6, 6.07) is 0.938. The van der Waals surface area contributed by atoms with E-state index in [1.807, 2.05) is 0 Å². The summed E-state index contributed by atoms with van der Waals surface area (Å²) in [5.74, 6) is 0.265. The highest BCUT2D eigenvalue weighted by Crippen LogP contribution is 2.31. The smallest absolute Gasteiger partial charge is 0.394 e. The second-order valence-electron chi connectivity index (χ2n) is 5.61. The van der Waals surface area contributed by atoms with Crippen molar-refractivity contribution in [2.75, 3.05) is 50.2 Å². The Balaban J connectivity index is 2.25. The molecule has 1 N–H and O–H groups in total. The van der Waals surface area contributed by atoms with Crippen molar-refractivity contribution in [2.24, 2.45) is 0 Å². The van der Waals surface area contributed by atoms with Crippen molar-refractivity contribution in [3.63, 3.8) is 0 Å². The maximum atomic E-state index is 13.0. The predicted molar refractivity (Wildman–Crippen MR) is 79.6 cm³/mol. The number of alkyl halides is 3. The van der Waals surface area contributed by atoms with E-state index in [0.29, 0.717) is 13.1 Å². The highest BCUT2D eigenvalue weighted by Gasteiger charge is 2.35. The molecule has 0 aliphatic carbocycles. The topological polar surface area (TPSA) is 61.7 Å². The van der Waals surface area contributed by atoms with Crippen LogP contribution in [0.5, 0.6) is 0 Å². The van der Waals surface area contributed by atoms with Crippen LogP contribution in [-0.2, 0) is 10.9 Å². The van der Waals surface area contributed by atoms with Gasteiger partial charge >= 0.3 is 6.18 Å². The van der Waals surface area contributed by atoms with Crippen molar-refractivity contribution < 1.29 is 23.0 Å². The summed E-state index contributed by atoms with van der Waals surface area (Å²) in [4.78, 5) is 11.1. The number of aliphatic hydroxyl groups is 1. The summed E-state index contributed by atoms with van der Waals surface area (Å²) >= 11 is 0. The zero-order valence-electron chi connectivity index (χ0n) is 13.2. The summed E-state index contributed by atoms with van der Waals surface area (Å²) in [5.41, 5.74) is -0.954. The van der Waals surface area contributed by atoms with Crippen LogP contribution in [0.4, 0.5) is 24.9 Å². The molecule has 1 aromatic heterocycles. The second-order valence-corrected chi connectivity index (χ2v) is 5.61. The van der Waals surface area contributed by atoms with Crippen LogP contribution in [0.1, 0.15) is 18.5 Å². The van der Waals surface area contributed by atoms with E-state index < -0.39 is 11.9 Å². The van der Waals surface area contributed by atoms with Gasteiger partial charge in [-0.05, 0) is 12.8 Å². The van der Waals surface area contributed by atoms with Crippen LogP contribution >= 0.6 is 0 Å². The monoisotopic (exact) mass is 334 g/mol. The van der Waals surface area contributed by atoms with Crippen molar-refractivity contribution in [1.29, 1.82) is 0 Å². The summed E-state index contributed by atoms with van der Waals surface area (Å²) in [5, 5.41) is 8.81. The molecule has 0 spiro atoms. The van der Waals surface area contributed by atoms with Crippen LogP contribution in [0.25, 0.3) is 0 Å². The number of aliphatic hydroxyl groups excluding tert-OH is 1. The molecule has 1 aliphatic rings. The van der Waals surface area contributed by atoms with Crippen molar-refractivity contribution >= 4 is 11.8 Å². The van der Waals surface area contributed by atoms with Crippen LogP contribution in [0.3, 0.4) is 0 Å². The fraction of sp³-hybridized carbons (Fsp3) is 0.714. The van der Waals surface area contributed by atoms with Gasteiger partial charge in [0.1, 0.15) is 5.82 Å². The molecule has 6 nitrogen and oxygen atoms in total. The van der Waals surface area contributed by atoms with Gasteiger partial charge < -0.3 is 19.6 Å². The van der Waals surface area contributed by atoms with Gasteiger partial charge in [0.15, 0.2) is 5.69 Å². The Bertz CT molecular complexity index is 525. The molecule has 9 heteroatoms. The molecule has 1 aromatic rings. The fourth-order valence-corrected chi connectivity index (χ4v) is 2.41. The lowest BCUT2D eigenvalue weighted by Crippen LogP contribution is -2.41. The molecule has 2 heterocycles. The van der Waals surface area contributed by atoms with Gasteiger partial charge in [0.05, 0.1) is 19.3 Å².